The summed E-state index contributed by atoms with van der Waals surface area (Å²) >= 11 is 0. The Balaban J connectivity index is 2.16. The third-order valence-electron chi connectivity index (χ3n) is 2.54. The first-order valence-corrected chi connectivity index (χ1v) is 7.00. The number of aryl methyl sites for hydroxylation is 1. The molecule has 0 fully saturated rings. The molecule has 1 aromatic heterocycles. The van der Waals surface area contributed by atoms with Crippen molar-refractivity contribution in [3.8, 4) is 5.75 Å². The predicted octanol–water partition coefficient (Wildman–Crippen LogP) is 1.35. The summed E-state index contributed by atoms with van der Waals surface area (Å²) < 4.78 is 31.6. The number of nitrogens with two attached hydrogens (primary N) is 1. The van der Waals surface area contributed by atoms with E-state index in [1.807, 2.05) is 0 Å². The summed E-state index contributed by atoms with van der Waals surface area (Å²) in [5.74, 6) is 1.08. The molecule has 0 spiro atoms. The maximum atomic E-state index is 12.0. The van der Waals surface area contributed by atoms with Gasteiger partial charge in [-0.3, -0.25) is 0 Å². The second-order valence-electron chi connectivity index (χ2n) is 4.06. The Morgan fingerprint density at radius 2 is 2.05 bits per heavy atom. The minimum absolute atomic E-state index is 0.00826. The number of sulfonamides is 1. The lowest BCUT2D eigenvalue weighted by molar-refractivity contribution is 0.474. The van der Waals surface area contributed by atoms with Crippen LogP contribution in [0.5, 0.6) is 5.75 Å². The normalized spacial score (nSPS) is 11.6. The summed E-state index contributed by atoms with van der Waals surface area (Å²) in [4.78, 5) is -0.00826. The molecule has 4 N–H and O–H groups in total. The first kappa shape index (κ1) is 13.4. The van der Waals surface area contributed by atoms with Crippen molar-refractivity contribution in [3.63, 3.8) is 0 Å². The number of nitrogen functional groups attached to an aromatic ring is 1. The van der Waals surface area contributed by atoms with E-state index in [9.17, 15) is 13.5 Å². The second-order valence-corrected chi connectivity index (χ2v) is 5.82. The number of anilines is 1. The van der Waals surface area contributed by atoms with Crippen LogP contribution in [0, 0.1) is 6.92 Å². The zero-order chi connectivity index (χ0) is 14.0. The molecule has 19 heavy (non-hydrogen) atoms. The van der Waals surface area contributed by atoms with E-state index in [0.29, 0.717) is 11.5 Å². The fourth-order valence-electron chi connectivity index (χ4n) is 1.53. The molecule has 0 aliphatic heterocycles. The number of benzene rings is 1. The number of hydrogen-bond donors (Lipinski definition) is 3. The first-order valence-electron chi connectivity index (χ1n) is 5.52. The fraction of sp³-hybridized carbons (Fsp3) is 0.167. The largest absolute Gasteiger partial charge is 0.506 e. The maximum absolute atomic E-state index is 12.0. The third-order valence-corrected chi connectivity index (χ3v) is 3.94. The zero-order valence-corrected chi connectivity index (χ0v) is 11.1. The lowest BCUT2D eigenvalue weighted by Crippen LogP contribution is -2.23. The van der Waals surface area contributed by atoms with Gasteiger partial charge in [-0.2, -0.15) is 0 Å². The highest BCUT2D eigenvalue weighted by atomic mass is 32.2. The van der Waals surface area contributed by atoms with Crippen LogP contribution in [0.4, 0.5) is 5.69 Å². The van der Waals surface area contributed by atoms with Gasteiger partial charge in [0.25, 0.3) is 0 Å². The Morgan fingerprint density at radius 1 is 1.32 bits per heavy atom. The van der Waals surface area contributed by atoms with E-state index < -0.39 is 10.0 Å². The van der Waals surface area contributed by atoms with Gasteiger partial charge in [0, 0.05) is 0 Å². The summed E-state index contributed by atoms with van der Waals surface area (Å²) in [6, 6.07) is 7.17. The van der Waals surface area contributed by atoms with Crippen molar-refractivity contribution in [1.29, 1.82) is 0 Å². The van der Waals surface area contributed by atoms with Gasteiger partial charge >= 0.3 is 0 Å². The van der Waals surface area contributed by atoms with Gasteiger partial charge in [0.2, 0.25) is 10.0 Å². The minimum atomic E-state index is -3.69. The van der Waals surface area contributed by atoms with Crippen molar-refractivity contribution in [1.82, 2.24) is 4.72 Å². The van der Waals surface area contributed by atoms with E-state index in [4.69, 9.17) is 10.2 Å². The van der Waals surface area contributed by atoms with Crippen LogP contribution in [0.25, 0.3) is 0 Å². The fourth-order valence-corrected chi connectivity index (χ4v) is 2.56. The predicted molar refractivity (Wildman–Crippen MR) is 70.0 cm³/mol. The van der Waals surface area contributed by atoms with E-state index >= 15 is 0 Å². The Kier molecular flexibility index (Phi) is 3.50. The quantitative estimate of drug-likeness (QED) is 0.580. The van der Waals surface area contributed by atoms with Gasteiger partial charge < -0.3 is 15.3 Å². The van der Waals surface area contributed by atoms with Crippen LogP contribution < -0.4 is 10.5 Å². The highest BCUT2D eigenvalue weighted by Gasteiger charge is 2.15. The van der Waals surface area contributed by atoms with Crippen LogP contribution in [0.3, 0.4) is 0 Å². The molecule has 1 aromatic carbocycles. The number of hydrogen-bond acceptors (Lipinski definition) is 5. The molecule has 0 atom stereocenters. The van der Waals surface area contributed by atoms with Crippen molar-refractivity contribution in [2.45, 2.75) is 18.4 Å². The monoisotopic (exact) mass is 282 g/mol. The van der Waals surface area contributed by atoms with Gasteiger partial charge in [0.1, 0.15) is 17.3 Å². The Bertz CT molecular complexity index is 692. The summed E-state index contributed by atoms with van der Waals surface area (Å²) in [6.45, 7) is 1.83. The molecule has 0 radical (unpaired) electrons. The zero-order valence-electron chi connectivity index (χ0n) is 10.3. The van der Waals surface area contributed by atoms with Gasteiger partial charge in [0.05, 0.1) is 17.1 Å². The first-order chi connectivity index (χ1) is 8.88. The molecule has 7 heteroatoms. The smallest absolute Gasteiger partial charge is 0.241 e. The summed E-state index contributed by atoms with van der Waals surface area (Å²) in [5.41, 5.74) is 5.48. The van der Waals surface area contributed by atoms with E-state index in [1.54, 1.807) is 19.1 Å². The summed E-state index contributed by atoms with van der Waals surface area (Å²) in [7, 11) is -3.69. The van der Waals surface area contributed by atoms with Gasteiger partial charge in [-0.05, 0) is 37.3 Å². The number of phenols is 1. The SMILES string of the molecule is Cc1ccc(CNS(=O)(=O)c2ccc(O)c(N)c2)o1. The molecule has 0 saturated carbocycles. The molecule has 0 saturated heterocycles. The lowest BCUT2D eigenvalue weighted by Gasteiger charge is -2.07. The maximum Gasteiger partial charge on any atom is 0.241 e. The van der Waals surface area contributed by atoms with Gasteiger partial charge in [-0.25, -0.2) is 13.1 Å². The topological polar surface area (TPSA) is 106 Å². The van der Waals surface area contributed by atoms with Gasteiger partial charge in [-0.15, -0.1) is 0 Å². The van der Waals surface area contributed by atoms with E-state index in [2.05, 4.69) is 4.72 Å². The number of furan rings is 1. The molecule has 0 aliphatic carbocycles. The van der Waals surface area contributed by atoms with Crippen molar-refractivity contribution < 1.29 is 17.9 Å². The van der Waals surface area contributed by atoms with Crippen LogP contribution in [-0.4, -0.2) is 13.5 Å². The molecule has 102 valence electrons. The molecule has 6 nitrogen and oxygen atoms in total. The molecule has 0 amide bonds. The van der Waals surface area contributed by atoms with Crippen molar-refractivity contribution in [2.24, 2.45) is 0 Å². The average Bonchev–Trinajstić information content (AvgIpc) is 2.76. The van der Waals surface area contributed by atoms with Crippen LogP contribution in [0.2, 0.25) is 0 Å². The standard InChI is InChI=1S/C12H14N2O4S/c1-8-2-3-9(18-8)7-14-19(16,17)10-4-5-12(15)11(13)6-10/h2-6,14-15H,7,13H2,1H3. The highest BCUT2D eigenvalue weighted by Crippen LogP contribution is 2.23. The molecule has 0 aliphatic rings. The Labute approximate surface area is 110 Å². The molecule has 0 unspecified atom stereocenters. The van der Waals surface area contributed by atoms with Gasteiger partial charge in [-0.1, -0.05) is 0 Å². The van der Waals surface area contributed by atoms with Crippen LogP contribution in [0.1, 0.15) is 11.5 Å². The van der Waals surface area contributed by atoms with Crippen LogP contribution in [0.15, 0.2) is 39.6 Å². The number of rotatable bonds is 4. The lowest BCUT2D eigenvalue weighted by atomic mass is 10.3. The minimum Gasteiger partial charge on any atom is -0.506 e. The van der Waals surface area contributed by atoms with Crippen LogP contribution in [-0.2, 0) is 16.6 Å². The van der Waals surface area contributed by atoms with Gasteiger partial charge in [0.15, 0.2) is 0 Å². The molecule has 1 heterocycles. The third kappa shape index (κ3) is 3.07. The molecular weight excluding hydrogens is 268 g/mol. The van der Waals surface area contributed by atoms with Crippen molar-refractivity contribution in [2.75, 3.05) is 5.73 Å². The molecule has 2 rings (SSSR count). The van der Waals surface area contributed by atoms with Crippen LogP contribution >= 0.6 is 0 Å². The van der Waals surface area contributed by atoms with E-state index in [1.165, 1.54) is 18.2 Å². The second kappa shape index (κ2) is 4.94. The molecular formula is C12H14N2O4S. The molecule has 2 aromatic rings. The number of phenolic OH excluding ortho intramolecular Hbond substituents is 1. The number of aromatic hydroxyl groups is 1. The van der Waals surface area contributed by atoms with E-state index in [0.717, 1.165) is 0 Å². The molecule has 0 bridgehead atoms. The summed E-state index contributed by atoms with van der Waals surface area (Å²) in [5, 5.41) is 9.26. The highest BCUT2D eigenvalue weighted by molar-refractivity contribution is 7.89. The number of nitrogens with one attached hydrogen (secondary N) is 1. The average molecular weight is 282 g/mol. The Morgan fingerprint density at radius 3 is 2.63 bits per heavy atom. The van der Waals surface area contributed by atoms with Crippen molar-refractivity contribution in [3.05, 3.63) is 41.9 Å². The summed E-state index contributed by atoms with van der Waals surface area (Å²) in [6.07, 6.45) is 0. The Hall–Kier alpha value is -1.99. The van der Waals surface area contributed by atoms with E-state index in [-0.39, 0.29) is 22.9 Å². The van der Waals surface area contributed by atoms with Crippen molar-refractivity contribution >= 4 is 15.7 Å².